The van der Waals surface area contributed by atoms with Gasteiger partial charge in [-0.05, 0) is 6.07 Å². The maximum absolute atomic E-state index is 9.71. The van der Waals surface area contributed by atoms with Crippen LogP contribution in [0, 0.1) is 0 Å². The van der Waals surface area contributed by atoms with Crippen LogP contribution in [0.1, 0.15) is 10.9 Å². The van der Waals surface area contributed by atoms with Gasteiger partial charge in [0.25, 0.3) is 0 Å². The molecule has 1 fully saturated rings. The van der Waals surface area contributed by atoms with Crippen LogP contribution in [-0.4, -0.2) is 39.8 Å². The molecule has 0 amide bonds. The number of aliphatic hydroxyl groups is 2. The summed E-state index contributed by atoms with van der Waals surface area (Å²) in [4.78, 5) is 0. The Hall–Kier alpha value is -0.750. The third-order valence-electron chi connectivity index (χ3n) is 2.79. The molecule has 2 rings (SSSR count). The van der Waals surface area contributed by atoms with E-state index in [9.17, 15) is 15.3 Å². The predicted octanol–water partition coefficient (Wildman–Crippen LogP) is 0.451. The molecule has 0 aromatic heterocycles. The molecule has 0 radical (unpaired) electrons. The molecular weight excluding hydrogens is 226 g/mol. The fourth-order valence-corrected chi connectivity index (χ4v) is 3.18. The highest BCUT2D eigenvalue weighted by molar-refractivity contribution is 7.99. The first kappa shape index (κ1) is 11.7. The molecule has 0 unspecified atom stereocenters. The summed E-state index contributed by atoms with van der Waals surface area (Å²) in [6, 6.07) is 7.10. The second-order valence-corrected chi connectivity index (χ2v) is 5.08. The predicted molar refractivity (Wildman–Crippen MR) is 63.3 cm³/mol. The van der Waals surface area contributed by atoms with Crippen molar-refractivity contribution in [1.29, 1.82) is 0 Å². The number of thioether (sulfide) groups is 1. The summed E-state index contributed by atoms with van der Waals surface area (Å²) in [5.41, 5.74) is 0.147. The molecule has 16 heavy (non-hydrogen) atoms. The van der Waals surface area contributed by atoms with Crippen molar-refractivity contribution >= 4 is 11.8 Å². The van der Waals surface area contributed by atoms with Gasteiger partial charge in [0.1, 0.15) is 5.75 Å². The number of benzene rings is 1. The summed E-state index contributed by atoms with van der Waals surface area (Å²) >= 11 is 1.57. The molecule has 0 bridgehead atoms. The Morgan fingerprint density at radius 2 is 2.00 bits per heavy atom. The zero-order chi connectivity index (χ0) is 11.6. The van der Waals surface area contributed by atoms with Crippen molar-refractivity contribution in [2.75, 3.05) is 19.0 Å². The Balaban J connectivity index is 2.18. The van der Waals surface area contributed by atoms with E-state index in [-0.39, 0.29) is 24.3 Å². The van der Waals surface area contributed by atoms with E-state index in [0.717, 1.165) is 5.56 Å². The molecule has 0 aliphatic carbocycles. The van der Waals surface area contributed by atoms with Gasteiger partial charge in [-0.2, -0.15) is 0 Å². The summed E-state index contributed by atoms with van der Waals surface area (Å²) < 4.78 is 0. The highest BCUT2D eigenvalue weighted by atomic mass is 32.2. The minimum atomic E-state index is -0.641. The second kappa shape index (κ2) is 4.63. The zero-order valence-electron chi connectivity index (χ0n) is 8.76. The molecular formula is C11H15NO3S. The maximum atomic E-state index is 9.71. The largest absolute Gasteiger partial charge is 0.508 e. The highest BCUT2D eigenvalue weighted by Crippen LogP contribution is 2.40. The molecule has 4 N–H and O–H groups in total. The standard InChI is InChI=1S/C11H15NO3S/c13-5-11(6-14)7-16-10(12-11)8-3-1-2-4-9(8)15/h1-4,10,12-15H,5-7H2/t10-/m0/s1. The lowest BCUT2D eigenvalue weighted by atomic mass is 10.0. The van der Waals surface area contributed by atoms with Gasteiger partial charge in [-0.3, -0.25) is 5.32 Å². The molecule has 1 aromatic rings. The van der Waals surface area contributed by atoms with Gasteiger partial charge in [0.05, 0.1) is 24.1 Å². The lowest BCUT2D eigenvalue weighted by Crippen LogP contribution is -2.49. The quantitative estimate of drug-likeness (QED) is 0.618. The first-order valence-electron chi connectivity index (χ1n) is 5.10. The van der Waals surface area contributed by atoms with Gasteiger partial charge >= 0.3 is 0 Å². The van der Waals surface area contributed by atoms with Gasteiger partial charge in [0, 0.05) is 11.3 Å². The molecule has 5 heteroatoms. The molecule has 1 atom stereocenters. The van der Waals surface area contributed by atoms with Crippen LogP contribution in [0.15, 0.2) is 24.3 Å². The molecule has 1 aliphatic heterocycles. The van der Waals surface area contributed by atoms with Crippen molar-refractivity contribution in [2.45, 2.75) is 10.9 Å². The van der Waals surface area contributed by atoms with Gasteiger partial charge in [-0.15, -0.1) is 11.8 Å². The van der Waals surface area contributed by atoms with E-state index in [0.29, 0.717) is 5.75 Å². The summed E-state index contributed by atoms with van der Waals surface area (Å²) in [5, 5.41) is 31.3. The van der Waals surface area contributed by atoms with Crippen LogP contribution in [0.25, 0.3) is 0 Å². The molecule has 0 spiro atoms. The fraction of sp³-hybridized carbons (Fsp3) is 0.455. The van der Waals surface area contributed by atoms with E-state index >= 15 is 0 Å². The molecule has 0 saturated carbocycles. The first-order chi connectivity index (χ1) is 7.71. The SMILES string of the molecule is OCC1(CO)CS[C@@H](c2ccccc2O)N1. The van der Waals surface area contributed by atoms with Crippen molar-refractivity contribution in [2.24, 2.45) is 0 Å². The van der Waals surface area contributed by atoms with Crippen molar-refractivity contribution in [1.82, 2.24) is 5.32 Å². The average molecular weight is 241 g/mol. The number of rotatable bonds is 3. The third kappa shape index (κ3) is 2.04. The average Bonchev–Trinajstić information content (AvgIpc) is 2.75. The molecule has 1 aromatic carbocycles. The monoisotopic (exact) mass is 241 g/mol. The molecule has 1 aliphatic rings. The van der Waals surface area contributed by atoms with E-state index in [1.54, 1.807) is 23.9 Å². The normalized spacial score (nSPS) is 23.5. The number of aromatic hydroxyl groups is 1. The number of aliphatic hydroxyl groups excluding tert-OH is 2. The Kier molecular flexibility index (Phi) is 3.39. The number of nitrogens with one attached hydrogen (secondary N) is 1. The maximum Gasteiger partial charge on any atom is 0.121 e. The van der Waals surface area contributed by atoms with Crippen molar-refractivity contribution < 1.29 is 15.3 Å². The molecule has 1 heterocycles. The summed E-state index contributed by atoms with van der Waals surface area (Å²) in [6.45, 7) is -0.221. The fourth-order valence-electron chi connectivity index (χ4n) is 1.71. The van der Waals surface area contributed by atoms with Crippen molar-refractivity contribution in [3.05, 3.63) is 29.8 Å². The molecule has 1 saturated heterocycles. The first-order valence-corrected chi connectivity index (χ1v) is 6.14. The topological polar surface area (TPSA) is 72.7 Å². The minimum absolute atomic E-state index is 0.0829. The zero-order valence-corrected chi connectivity index (χ0v) is 9.57. The molecule has 4 nitrogen and oxygen atoms in total. The second-order valence-electron chi connectivity index (χ2n) is 3.99. The Labute approximate surface area is 98.3 Å². The van der Waals surface area contributed by atoms with E-state index < -0.39 is 5.54 Å². The van der Waals surface area contributed by atoms with Gasteiger partial charge < -0.3 is 15.3 Å². The highest BCUT2D eigenvalue weighted by Gasteiger charge is 2.39. The van der Waals surface area contributed by atoms with Gasteiger partial charge in [-0.25, -0.2) is 0 Å². The summed E-state index contributed by atoms with van der Waals surface area (Å²) in [5.74, 6) is 0.859. The smallest absolute Gasteiger partial charge is 0.121 e. The summed E-state index contributed by atoms with van der Waals surface area (Å²) in [6.07, 6.45) is 0. The van der Waals surface area contributed by atoms with Crippen LogP contribution in [-0.2, 0) is 0 Å². The number of phenolic OH excluding ortho intramolecular Hbond substituents is 1. The lowest BCUT2D eigenvalue weighted by molar-refractivity contribution is 0.111. The van der Waals surface area contributed by atoms with E-state index in [1.165, 1.54) is 0 Å². The Bertz CT molecular complexity index is 368. The third-order valence-corrected chi connectivity index (χ3v) is 4.21. The van der Waals surface area contributed by atoms with Crippen LogP contribution in [0.3, 0.4) is 0 Å². The number of hydrogen-bond acceptors (Lipinski definition) is 5. The molecule has 88 valence electrons. The number of para-hydroxylation sites is 1. The number of hydrogen-bond donors (Lipinski definition) is 4. The Morgan fingerprint density at radius 1 is 1.31 bits per heavy atom. The van der Waals surface area contributed by atoms with Gasteiger partial charge in [-0.1, -0.05) is 18.2 Å². The summed E-state index contributed by atoms with van der Waals surface area (Å²) in [7, 11) is 0. The van der Waals surface area contributed by atoms with E-state index in [2.05, 4.69) is 5.32 Å². The van der Waals surface area contributed by atoms with Crippen LogP contribution in [0.2, 0.25) is 0 Å². The lowest BCUT2D eigenvalue weighted by Gasteiger charge is -2.24. The van der Waals surface area contributed by atoms with Crippen LogP contribution < -0.4 is 5.32 Å². The van der Waals surface area contributed by atoms with Crippen LogP contribution in [0.4, 0.5) is 0 Å². The van der Waals surface area contributed by atoms with Crippen LogP contribution in [0.5, 0.6) is 5.75 Å². The van der Waals surface area contributed by atoms with Crippen molar-refractivity contribution in [3.8, 4) is 5.75 Å². The van der Waals surface area contributed by atoms with Gasteiger partial charge in [0.15, 0.2) is 0 Å². The minimum Gasteiger partial charge on any atom is -0.508 e. The van der Waals surface area contributed by atoms with Crippen molar-refractivity contribution in [3.63, 3.8) is 0 Å². The number of phenols is 1. The van der Waals surface area contributed by atoms with E-state index in [4.69, 9.17) is 0 Å². The van der Waals surface area contributed by atoms with Crippen LogP contribution >= 0.6 is 11.8 Å². The van der Waals surface area contributed by atoms with Gasteiger partial charge in [0.2, 0.25) is 0 Å². The van der Waals surface area contributed by atoms with E-state index in [1.807, 2.05) is 12.1 Å². The Morgan fingerprint density at radius 3 is 2.56 bits per heavy atom.